The fraction of sp³-hybridized carbons (Fsp3) is 0.348. The quantitative estimate of drug-likeness (QED) is 0.152. The monoisotopic (exact) mass is 579 g/mol. The Labute approximate surface area is 233 Å². The van der Waals surface area contributed by atoms with Crippen molar-refractivity contribution in [1.29, 1.82) is 0 Å². The minimum absolute atomic E-state index is 0. The Morgan fingerprint density at radius 2 is 1.78 bits per heavy atom. The van der Waals surface area contributed by atoms with Gasteiger partial charge in [0.1, 0.15) is 5.75 Å². The Morgan fingerprint density at radius 1 is 1.06 bits per heavy atom. The van der Waals surface area contributed by atoms with Gasteiger partial charge < -0.3 is 20.2 Å². The number of hydrogen-bond acceptors (Lipinski definition) is 8. The number of nitrogens with zero attached hydrogens (tertiary/aromatic N) is 4. The Bertz CT molecular complexity index is 1130. The molecule has 198 valence electrons. The number of phenols is 1. The predicted octanol–water partition coefficient (Wildman–Crippen LogP) is 5.32. The normalized spacial score (nSPS) is 13.7. The van der Waals surface area contributed by atoms with Crippen LogP contribution in [-0.2, 0) is 11.4 Å². The SMILES string of the molecule is Cl.Cl.Cl.O=[N+]([O-])OCCCN1CCN(Cc2cc(Nc3ccnc4cc(Cl)ccc34)ccc2O)CC1. The second-order valence-electron chi connectivity index (χ2n) is 8.02. The maximum absolute atomic E-state index is 10.4. The van der Waals surface area contributed by atoms with Crippen molar-refractivity contribution in [2.75, 3.05) is 44.6 Å². The molecule has 0 saturated carbocycles. The van der Waals surface area contributed by atoms with Crippen LogP contribution in [0.15, 0.2) is 48.7 Å². The molecule has 3 aromatic rings. The number of benzene rings is 2. The van der Waals surface area contributed by atoms with E-state index in [0.717, 1.165) is 60.6 Å². The zero-order valence-corrected chi connectivity index (χ0v) is 22.5. The van der Waals surface area contributed by atoms with Crippen molar-refractivity contribution in [2.24, 2.45) is 0 Å². The lowest BCUT2D eigenvalue weighted by Crippen LogP contribution is -2.46. The Morgan fingerprint density at radius 3 is 2.50 bits per heavy atom. The van der Waals surface area contributed by atoms with Gasteiger partial charge in [-0.2, -0.15) is 0 Å². The van der Waals surface area contributed by atoms with E-state index >= 15 is 0 Å². The molecule has 0 spiro atoms. The van der Waals surface area contributed by atoms with Crippen molar-refractivity contribution in [3.63, 3.8) is 0 Å². The average molecular weight is 581 g/mol. The summed E-state index contributed by atoms with van der Waals surface area (Å²) in [6, 6.07) is 13.1. The van der Waals surface area contributed by atoms with Crippen molar-refractivity contribution >= 4 is 71.1 Å². The van der Waals surface area contributed by atoms with Crippen LogP contribution in [0.25, 0.3) is 10.9 Å². The first-order chi connectivity index (χ1) is 16.0. The van der Waals surface area contributed by atoms with E-state index in [2.05, 4.69) is 24.9 Å². The summed E-state index contributed by atoms with van der Waals surface area (Å²) in [6.07, 6.45) is 2.37. The highest BCUT2D eigenvalue weighted by Gasteiger charge is 2.18. The van der Waals surface area contributed by atoms with E-state index in [4.69, 9.17) is 11.6 Å². The maximum Gasteiger partial charge on any atom is 0.294 e. The lowest BCUT2D eigenvalue weighted by Gasteiger charge is -2.34. The molecule has 13 heteroatoms. The minimum Gasteiger partial charge on any atom is -0.508 e. The highest BCUT2D eigenvalue weighted by molar-refractivity contribution is 6.31. The van der Waals surface area contributed by atoms with Gasteiger partial charge in [-0.05, 0) is 48.9 Å². The topological polar surface area (TPSA) is 104 Å². The highest BCUT2D eigenvalue weighted by atomic mass is 35.5. The van der Waals surface area contributed by atoms with E-state index in [1.165, 1.54) is 0 Å². The van der Waals surface area contributed by atoms with Crippen LogP contribution in [0.2, 0.25) is 5.02 Å². The van der Waals surface area contributed by atoms with Gasteiger partial charge in [-0.25, -0.2) is 0 Å². The van der Waals surface area contributed by atoms with E-state index in [0.29, 0.717) is 18.0 Å². The van der Waals surface area contributed by atoms with E-state index in [9.17, 15) is 15.2 Å². The summed E-state index contributed by atoms with van der Waals surface area (Å²) < 4.78 is 0. The number of nitrogens with one attached hydrogen (secondary N) is 1. The third kappa shape index (κ3) is 8.69. The van der Waals surface area contributed by atoms with Gasteiger partial charge in [0.15, 0.2) is 0 Å². The average Bonchev–Trinajstić information content (AvgIpc) is 2.80. The molecule has 0 aliphatic carbocycles. The molecule has 2 N–H and O–H groups in total. The van der Waals surface area contributed by atoms with E-state index in [-0.39, 0.29) is 49.6 Å². The fourth-order valence-corrected chi connectivity index (χ4v) is 4.18. The van der Waals surface area contributed by atoms with Crippen LogP contribution in [0.5, 0.6) is 5.75 Å². The first kappa shape index (κ1) is 31.8. The van der Waals surface area contributed by atoms with Crippen LogP contribution in [-0.4, -0.2) is 64.3 Å². The van der Waals surface area contributed by atoms with E-state index in [1.54, 1.807) is 12.3 Å². The molecular weight excluding hydrogens is 552 g/mol. The third-order valence-electron chi connectivity index (χ3n) is 5.74. The first-order valence-corrected chi connectivity index (χ1v) is 11.2. The number of aromatic hydroxyl groups is 1. The molecule has 1 aliphatic heterocycles. The first-order valence-electron chi connectivity index (χ1n) is 10.8. The van der Waals surface area contributed by atoms with Crippen molar-refractivity contribution in [1.82, 2.24) is 14.8 Å². The number of fused-ring (bicyclic) bond motifs is 1. The van der Waals surface area contributed by atoms with E-state index < -0.39 is 5.09 Å². The number of phenolic OH excluding ortho intramolecular Hbond substituents is 1. The molecule has 36 heavy (non-hydrogen) atoms. The number of hydrogen-bond donors (Lipinski definition) is 2. The van der Waals surface area contributed by atoms with Crippen molar-refractivity contribution in [2.45, 2.75) is 13.0 Å². The van der Waals surface area contributed by atoms with Gasteiger partial charge in [0.2, 0.25) is 0 Å². The number of piperazine rings is 1. The smallest absolute Gasteiger partial charge is 0.294 e. The predicted molar refractivity (Wildman–Crippen MR) is 149 cm³/mol. The summed E-state index contributed by atoms with van der Waals surface area (Å²) in [7, 11) is 0. The molecule has 0 bridgehead atoms. The zero-order valence-electron chi connectivity index (χ0n) is 19.3. The largest absolute Gasteiger partial charge is 0.508 e. The number of anilines is 2. The third-order valence-corrected chi connectivity index (χ3v) is 5.97. The summed E-state index contributed by atoms with van der Waals surface area (Å²) >= 11 is 6.09. The lowest BCUT2D eigenvalue weighted by atomic mass is 10.1. The standard InChI is InChI=1S/C23H26ClN5O4.3ClH/c24-18-2-4-20-21(6-7-25-22(20)15-18)26-19-3-5-23(30)17(14-19)16-28-11-9-27(10-12-28)8-1-13-33-29(31)32;;;/h2-7,14-15,30H,1,8-13,16H2,(H,25,26);3*1H. The van der Waals surface area contributed by atoms with Gasteiger partial charge in [0.05, 0.1) is 12.1 Å². The second kappa shape index (κ2) is 15.1. The van der Waals surface area contributed by atoms with Crippen LogP contribution in [0.4, 0.5) is 11.4 Å². The summed E-state index contributed by atoms with van der Waals surface area (Å²) in [5, 5.41) is 24.9. The Balaban J connectivity index is 0.00000216. The molecule has 0 radical (unpaired) electrons. The molecule has 2 aromatic carbocycles. The van der Waals surface area contributed by atoms with Gasteiger partial charge >= 0.3 is 0 Å². The van der Waals surface area contributed by atoms with Crippen molar-refractivity contribution < 1.29 is 15.0 Å². The fourth-order valence-electron chi connectivity index (χ4n) is 4.01. The van der Waals surface area contributed by atoms with Gasteiger partial charge in [-0.1, -0.05) is 11.6 Å². The second-order valence-corrected chi connectivity index (χ2v) is 8.45. The zero-order chi connectivity index (χ0) is 23.2. The summed E-state index contributed by atoms with van der Waals surface area (Å²) in [6.45, 7) is 5.03. The van der Waals surface area contributed by atoms with Gasteiger partial charge in [-0.3, -0.25) is 9.88 Å². The van der Waals surface area contributed by atoms with Crippen LogP contribution < -0.4 is 5.32 Å². The highest BCUT2D eigenvalue weighted by Crippen LogP contribution is 2.30. The number of halogens is 4. The summed E-state index contributed by atoms with van der Waals surface area (Å²) in [5.74, 6) is 0.270. The van der Waals surface area contributed by atoms with Gasteiger partial charge in [0, 0.05) is 72.8 Å². The molecule has 4 rings (SSSR count). The Kier molecular flexibility index (Phi) is 13.3. The molecule has 0 amide bonds. The van der Waals surface area contributed by atoms with Crippen molar-refractivity contribution in [3.05, 3.63) is 69.4 Å². The number of rotatable bonds is 9. The molecule has 0 atom stereocenters. The maximum atomic E-state index is 10.4. The summed E-state index contributed by atoms with van der Waals surface area (Å²) in [5.41, 5.74) is 3.47. The molecule has 1 saturated heterocycles. The van der Waals surface area contributed by atoms with Gasteiger partial charge in [-0.15, -0.1) is 47.3 Å². The molecule has 1 aromatic heterocycles. The number of pyridine rings is 1. The van der Waals surface area contributed by atoms with Crippen LogP contribution in [0.1, 0.15) is 12.0 Å². The molecule has 2 heterocycles. The van der Waals surface area contributed by atoms with Crippen LogP contribution in [0, 0.1) is 10.1 Å². The minimum atomic E-state index is -0.750. The lowest BCUT2D eigenvalue weighted by molar-refractivity contribution is -0.757. The molecule has 1 aliphatic rings. The molecule has 9 nitrogen and oxygen atoms in total. The molecule has 0 unspecified atom stereocenters. The van der Waals surface area contributed by atoms with Crippen molar-refractivity contribution in [3.8, 4) is 5.75 Å². The summed E-state index contributed by atoms with van der Waals surface area (Å²) in [4.78, 5) is 23.5. The van der Waals surface area contributed by atoms with Crippen LogP contribution >= 0.6 is 48.8 Å². The molecular formula is C23H29Cl4N5O4. The van der Waals surface area contributed by atoms with E-state index in [1.807, 2.05) is 36.4 Å². The number of aromatic nitrogens is 1. The van der Waals surface area contributed by atoms with Gasteiger partial charge in [0.25, 0.3) is 5.09 Å². The molecule has 1 fully saturated rings. The van der Waals surface area contributed by atoms with Crippen LogP contribution in [0.3, 0.4) is 0 Å². The Hall–Kier alpha value is -2.27.